The molecule has 1 aliphatic rings. The van der Waals surface area contributed by atoms with E-state index >= 15 is 0 Å². The lowest BCUT2D eigenvalue weighted by molar-refractivity contribution is 0.0503. The Hall–Kier alpha value is -2.47. The van der Waals surface area contributed by atoms with Gasteiger partial charge in [0.1, 0.15) is 5.82 Å². The zero-order valence-corrected chi connectivity index (χ0v) is 15.6. The van der Waals surface area contributed by atoms with Crippen LogP contribution in [-0.2, 0) is 0 Å². The SMILES string of the molecule is Cc1cnc(-c2cccc(C(=O)N3CCCC[C@@H]3CO)c2)nc1N(C)C. The highest BCUT2D eigenvalue weighted by Gasteiger charge is 2.27. The molecule has 0 aliphatic carbocycles. The predicted molar refractivity (Wildman–Crippen MR) is 102 cm³/mol. The van der Waals surface area contributed by atoms with Gasteiger partial charge in [-0.15, -0.1) is 0 Å². The molecule has 2 heterocycles. The normalized spacial score (nSPS) is 17.2. The molecule has 1 aromatic heterocycles. The molecule has 1 saturated heterocycles. The number of amides is 1. The summed E-state index contributed by atoms with van der Waals surface area (Å²) in [6.07, 6.45) is 4.70. The molecule has 1 fully saturated rings. The Morgan fingerprint density at radius 2 is 2.15 bits per heavy atom. The minimum absolute atomic E-state index is 0.0126. The summed E-state index contributed by atoms with van der Waals surface area (Å²) in [6.45, 7) is 2.68. The minimum Gasteiger partial charge on any atom is -0.394 e. The van der Waals surface area contributed by atoms with Crippen LogP contribution in [0.15, 0.2) is 30.5 Å². The van der Waals surface area contributed by atoms with Crippen LogP contribution < -0.4 is 4.90 Å². The molecule has 0 spiro atoms. The van der Waals surface area contributed by atoms with E-state index in [1.54, 1.807) is 11.1 Å². The highest BCUT2D eigenvalue weighted by molar-refractivity contribution is 5.95. The van der Waals surface area contributed by atoms with E-state index in [1.165, 1.54) is 0 Å². The van der Waals surface area contributed by atoms with Crippen LogP contribution in [0.5, 0.6) is 0 Å². The van der Waals surface area contributed by atoms with Gasteiger partial charge in [0.25, 0.3) is 5.91 Å². The van der Waals surface area contributed by atoms with Crippen LogP contribution in [-0.4, -0.2) is 59.2 Å². The Labute approximate surface area is 154 Å². The van der Waals surface area contributed by atoms with Crippen LogP contribution in [0.3, 0.4) is 0 Å². The number of benzene rings is 1. The van der Waals surface area contributed by atoms with Crippen molar-refractivity contribution < 1.29 is 9.90 Å². The molecule has 1 aromatic carbocycles. The number of aromatic nitrogens is 2. The first kappa shape index (κ1) is 18.3. The van der Waals surface area contributed by atoms with Crippen LogP contribution in [0.25, 0.3) is 11.4 Å². The lowest BCUT2D eigenvalue weighted by Gasteiger charge is -2.34. The van der Waals surface area contributed by atoms with E-state index in [1.807, 2.05) is 50.2 Å². The lowest BCUT2D eigenvalue weighted by Crippen LogP contribution is -2.45. The summed E-state index contributed by atoms with van der Waals surface area (Å²) < 4.78 is 0. The second-order valence-electron chi connectivity index (χ2n) is 7.01. The monoisotopic (exact) mass is 354 g/mol. The van der Waals surface area contributed by atoms with Crippen LogP contribution in [0.4, 0.5) is 5.82 Å². The number of rotatable bonds is 4. The Bertz CT molecular complexity index is 791. The van der Waals surface area contributed by atoms with Gasteiger partial charge in [0.15, 0.2) is 5.82 Å². The molecule has 1 amide bonds. The molecule has 6 nitrogen and oxygen atoms in total. The average molecular weight is 354 g/mol. The Kier molecular flexibility index (Phi) is 5.52. The molecule has 0 saturated carbocycles. The number of piperidine rings is 1. The summed E-state index contributed by atoms with van der Waals surface area (Å²) in [5, 5.41) is 9.58. The molecule has 1 atom stereocenters. The molecule has 6 heteroatoms. The minimum atomic E-state index is -0.0872. The summed E-state index contributed by atoms with van der Waals surface area (Å²) in [6, 6.07) is 7.35. The molecule has 1 N–H and O–H groups in total. The first-order chi connectivity index (χ1) is 12.5. The first-order valence-electron chi connectivity index (χ1n) is 9.04. The van der Waals surface area contributed by atoms with Crippen molar-refractivity contribution in [3.8, 4) is 11.4 Å². The van der Waals surface area contributed by atoms with Gasteiger partial charge >= 0.3 is 0 Å². The largest absolute Gasteiger partial charge is 0.394 e. The van der Waals surface area contributed by atoms with Crippen molar-refractivity contribution >= 4 is 11.7 Å². The van der Waals surface area contributed by atoms with Gasteiger partial charge in [0, 0.05) is 43.5 Å². The van der Waals surface area contributed by atoms with Gasteiger partial charge in [0.05, 0.1) is 12.6 Å². The Balaban J connectivity index is 1.91. The fourth-order valence-corrected chi connectivity index (χ4v) is 3.44. The lowest BCUT2D eigenvalue weighted by atomic mass is 10.0. The number of aliphatic hydroxyl groups excluding tert-OH is 1. The van der Waals surface area contributed by atoms with Crippen LogP contribution in [0.1, 0.15) is 35.2 Å². The Morgan fingerprint density at radius 1 is 1.35 bits per heavy atom. The second kappa shape index (κ2) is 7.83. The van der Waals surface area contributed by atoms with Crippen molar-refractivity contribution in [1.82, 2.24) is 14.9 Å². The highest BCUT2D eigenvalue weighted by atomic mass is 16.3. The number of carbonyl (C=O) groups excluding carboxylic acids is 1. The summed E-state index contributed by atoms with van der Waals surface area (Å²) in [5.74, 6) is 1.43. The van der Waals surface area contributed by atoms with Crippen LogP contribution in [0.2, 0.25) is 0 Å². The van der Waals surface area contributed by atoms with E-state index in [4.69, 9.17) is 0 Å². The molecule has 2 aromatic rings. The Morgan fingerprint density at radius 3 is 2.88 bits per heavy atom. The topological polar surface area (TPSA) is 69.6 Å². The second-order valence-corrected chi connectivity index (χ2v) is 7.01. The quantitative estimate of drug-likeness (QED) is 0.914. The maximum absolute atomic E-state index is 12.9. The van der Waals surface area contributed by atoms with Gasteiger partial charge in [0.2, 0.25) is 0 Å². The molecule has 3 rings (SSSR count). The number of carbonyl (C=O) groups is 1. The van der Waals surface area contributed by atoms with Gasteiger partial charge in [-0.3, -0.25) is 4.79 Å². The van der Waals surface area contributed by atoms with Crippen LogP contribution in [0, 0.1) is 6.92 Å². The first-order valence-corrected chi connectivity index (χ1v) is 9.04. The summed E-state index contributed by atoms with van der Waals surface area (Å²) >= 11 is 0. The fraction of sp³-hybridized carbons (Fsp3) is 0.450. The van der Waals surface area contributed by atoms with E-state index < -0.39 is 0 Å². The van der Waals surface area contributed by atoms with E-state index in [0.29, 0.717) is 17.9 Å². The number of aryl methyl sites for hydroxylation is 1. The third kappa shape index (κ3) is 3.70. The molecule has 1 aliphatic heterocycles. The van der Waals surface area contributed by atoms with E-state index in [-0.39, 0.29) is 18.6 Å². The van der Waals surface area contributed by atoms with Crippen LogP contribution >= 0.6 is 0 Å². The van der Waals surface area contributed by atoms with Gasteiger partial charge in [-0.25, -0.2) is 9.97 Å². The van der Waals surface area contributed by atoms with Crippen molar-refractivity contribution in [2.24, 2.45) is 0 Å². The zero-order valence-electron chi connectivity index (χ0n) is 15.6. The van der Waals surface area contributed by atoms with E-state index in [2.05, 4.69) is 9.97 Å². The molecule has 0 unspecified atom stereocenters. The van der Waals surface area contributed by atoms with Gasteiger partial charge in [-0.1, -0.05) is 12.1 Å². The standard InChI is InChI=1S/C20H26N4O2/c1-14-12-21-18(22-19(14)23(2)3)15-7-6-8-16(11-15)20(26)24-10-5-4-9-17(24)13-25/h6-8,11-12,17,25H,4-5,9-10,13H2,1-3H3/t17-/m1/s1. The number of nitrogens with zero attached hydrogens (tertiary/aromatic N) is 4. The summed E-state index contributed by atoms with van der Waals surface area (Å²) in [4.78, 5) is 25.8. The predicted octanol–water partition coefficient (Wildman–Crippen LogP) is 2.51. The third-order valence-corrected chi connectivity index (χ3v) is 4.84. The molecule has 0 radical (unpaired) electrons. The summed E-state index contributed by atoms with van der Waals surface area (Å²) in [7, 11) is 3.90. The highest BCUT2D eigenvalue weighted by Crippen LogP contribution is 2.24. The number of hydrogen-bond donors (Lipinski definition) is 1. The van der Waals surface area contributed by atoms with Gasteiger partial charge < -0.3 is 14.9 Å². The molecule has 0 bridgehead atoms. The molecule has 138 valence electrons. The van der Waals surface area contributed by atoms with Gasteiger partial charge in [-0.05, 0) is 38.3 Å². The molecule has 26 heavy (non-hydrogen) atoms. The average Bonchev–Trinajstić information content (AvgIpc) is 2.67. The fourth-order valence-electron chi connectivity index (χ4n) is 3.44. The summed E-state index contributed by atoms with van der Waals surface area (Å²) in [5.41, 5.74) is 2.43. The van der Waals surface area contributed by atoms with Gasteiger partial charge in [-0.2, -0.15) is 0 Å². The molecular weight excluding hydrogens is 328 g/mol. The van der Waals surface area contributed by atoms with Crippen molar-refractivity contribution in [3.05, 3.63) is 41.6 Å². The molecular formula is C20H26N4O2. The van der Waals surface area contributed by atoms with Crippen molar-refractivity contribution in [2.75, 3.05) is 32.1 Å². The maximum atomic E-state index is 12.9. The smallest absolute Gasteiger partial charge is 0.254 e. The zero-order chi connectivity index (χ0) is 18.7. The van der Waals surface area contributed by atoms with E-state index in [0.717, 1.165) is 36.2 Å². The maximum Gasteiger partial charge on any atom is 0.254 e. The van der Waals surface area contributed by atoms with Crippen molar-refractivity contribution in [2.45, 2.75) is 32.2 Å². The third-order valence-electron chi connectivity index (χ3n) is 4.84. The van der Waals surface area contributed by atoms with Crippen molar-refractivity contribution in [3.63, 3.8) is 0 Å². The number of aliphatic hydroxyl groups is 1. The number of anilines is 1. The van der Waals surface area contributed by atoms with Crippen molar-refractivity contribution in [1.29, 1.82) is 0 Å². The number of hydrogen-bond acceptors (Lipinski definition) is 5. The van der Waals surface area contributed by atoms with E-state index in [9.17, 15) is 9.90 Å². The number of likely N-dealkylation sites (tertiary alicyclic amines) is 1.